The third-order valence-corrected chi connectivity index (χ3v) is 3.57. The minimum Gasteiger partial charge on any atom is -0.465 e. The molecule has 0 radical (unpaired) electrons. The van der Waals surface area contributed by atoms with Crippen molar-refractivity contribution < 1.29 is 9.53 Å². The molecule has 1 heterocycles. The molecule has 0 saturated carbocycles. The van der Waals surface area contributed by atoms with Gasteiger partial charge in [0.05, 0.1) is 18.2 Å². The zero-order chi connectivity index (χ0) is 14.8. The van der Waals surface area contributed by atoms with E-state index < -0.39 is 0 Å². The van der Waals surface area contributed by atoms with Crippen LogP contribution in [0.15, 0.2) is 42.5 Å². The Morgan fingerprint density at radius 3 is 2.76 bits per heavy atom. The molecular formula is C17H16N2O2. The van der Waals surface area contributed by atoms with Gasteiger partial charge in [0.25, 0.3) is 0 Å². The van der Waals surface area contributed by atoms with E-state index in [9.17, 15) is 4.79 Å². The predicted molar refractivity (Wildman–Crippen MR) is 82.2 cm³/mol. The lowest BCUT2D eigenvalue weighted by Crippen LogP contribution is -2.01. The monoisotopic (exact) mass is 280 g/mol. The molecule has 0 unspecified atom stereocenters. The van der Waals surface area contributed by atoms with Gasteiger partial charge in [-0.2, -0.15) is 0 Å². The Morgan fingerprint density at radius 2 is 2.00 bits per heavy atom. The number of nitrogens with zero attached hydrogens (tertiary/aromatic N) is 1. The van der Waals surface area contributed by atoms with Crippen molar-refractivity contribution in [2.75, 3.05) is 7.11 Å². The summed E-state index contributed by atoms with van der Waals surface area (Å²) >= 11 is 0. The van der Waals surface area contributed by atoms with Gasteiger partial charge in [-0.05, 0) is 24.1 Å². The third-order valence-electron chi connectivity index (χ3n) is 3.57. The molecule has 1 aromatic heterocycles. The van der Waals surface area contributed by atoms with Crippen LogP contribution >= 0.6 is 0 Å². The van der Waals surface area contributed by atoms with Crippen molar-refractivity contribution >= 4 is 17.0 Å². The van der Waals surface area contributed by atoms with Crippen molar-refractivity contribution in [3.8, 4) is 11.4 Å². The van der Waals surface area contributed by atoms with E-state index in [0.717, 1.165) is 23.3 Å². The maximum absolute atomic E-state index is 11.8. The number of benzene rings is 2. The van der Waals surface area contributed by atoms with Gasteiger partial charge >= 0.3 is 5.97 Å². The first-order chi connectivity index (χ1) is 10.2. The normalized spacial score (nSPS) is 10.8. The molecule has 0 aliphatic heterocycles. The molecule has 0 aliphatic rings. The number of fused-ring (bicyclic) bond motifs is 1. The number of imidazole rings is 1. The Morgan fingerprint density at radius 1 is 1.19 bits per heavy atom. The molecule has 0 aliphatic carbocycles. The van der Waals surface area contributed by atoms with Crippen molar-refractivity contribution in [3.63, 3.8) is 0 Å². The highest BCUT2D eigenvalue weighted by molar-refractivity contribution is 6.02. The molecule has 2 aromatic carbocycles. The lowest BCUT2D eigenvalue weighted by molar-refractivity contribution is 0.0603. The Balaban J connectivity index is 2.20. The van der Waals surface area contributed by atoms with Crippen LogP contribution in [0.4, 0.5) is 0 Å². The highest BCUT2D eigenvalue weighted by Crippen LogP contribution is 2.26. The van der Waals surface area contributed by atoms with Crippen molar-refractivity contribution in [2.24, 2.45) is 0 Å². The van der Waals surface area contributed by atoms with Crippen LogP contribution in [0.5, 0.6) is 0 Å². The van der Waals surface area contributed by atoms with Crippen molar-refractivity contribution in [1.82, 2.24) is 9.97 Å². The number of H-pyrrole nitrogens is 1. The number of nitrogens with one attached hydrogen (secondary N) is 1. The number of aryl methyl sites for hydroxylation is 1. The molecule has 3 aromatic rings. The molecule has 0 saturated heterocycles. The zero-order valence-corrected chi connectivity index (χ0v) is 12.0. The second kappa shape index (κ2) is 5.40. The maximum Gasteiger partial charge on any atom is 0.340 e. The van der Waals surface area contributed by atoms with E-state index in [1.54, 1.807) is 6.07 Å². The van der Waals surface area contributed by atoms with E-state index >= 15 is 0 Å². The van der Waals surface area contributed by atoms with Crippen LogP contribution in [0.3, 0.4) is 0 Å². The van der Waals surface area contributed by atoms with Crippen molar-refractivity contribution in [1.29, 1.82) is 0 Å². The quantitative estimate of drug-likeness (QED) is 0.746. The molecule has 0 fully saturated rings. The molecular weight excluding hydrogens is 264 g/mol. The number of ether oxygens (including phenoxy) is 1. The van der Waals surface area contributed by atoms with E-state index in [2.05, 4.69) is 23.0 Å². The molecule has 21 heavy (non-hydrogen) atoms. The molecule has 3 rings (SSSR count). The third kappa shape index (κ3) is 2.29. The highest BCUT2D eigenvalue weighted by Gasteiger charge is 2.15. The summed E-state index contributed by atoms with van der Waals surface area (Å²) in [5, 5.41) is 0. The summed E-state index contributed by atoms with van der Waals surface area (Å²) in [5.74, 6) is 0.404. The molecule has 4 heteroatoms. The van der Waals surface area contributed by atoms with Crippen molar-refractivity contribution in [3.05, 3.63) is 53.6 Å². The molecule has 106 valence electrons. The van der Waals surface area contributed by atoms with Gasteiger partial charge in [-0.3, -0.25) is 0 Å². The highest BCUT2D eigenvalue weighted by atomic mass is 16.5. The topological polar surface area (TPSA) is 55.0 Å². The summed E-state index contributed by atoms with van der Waals surface area (Å²) in [5.41, 5.74) is 4.23. The Hall–Kier alpha value is -2.62. The molecule has 1 N–H and O–H groups in total. The fraction of sp³-hybridized carbons (Fsp3) is 0.176. The number of para-hydroxylation sites is 1. The first kappa shape index (κ1) is 13.4. The lowest BCUT2D eigenvalue weighted by Gasteiger charge is -2.03. The SMILES string of the molecule is CCc1ccccc1-c1nc2c(C(=O)OC)cccc2[nH]1. The summed E-state index contributed by atoms with van der Waals surface area (Å²) in [6.45, 7) is 2.11. The van der Waals surface area contributed by atoms with Gasteiger partial charge in [0, 0.05) is 5.56 Å². The van der Waals surface area contributed by atoms with Crippen LogP contribution < -0.4 is 0 Å². The van der Waals surface area contributed by atoms with Gasteiger partial charge in [0.1, 0.15) is 11.3 Å². The first-order valence-corrected chi connectivity index (χ1v) is 6.90. The number of aromatic amines is 1. The number of carbonyl (C=O) groups excluding carboxylic acids is 1. The summed E-state index contributed by atoms with van der Waals surface area (Å²) in [7, 11) is 1.38. The van der Waals surface area contributed by atoms with Gasteiger partial charge in [0.2, 0.25) is 0 Å². The average molecular weight is 280 g/mol. The Bertz CT molecular complexity index is 805. The largest absolute Gasteiger partial charge is 0.465 e. The number of carbonyl (C=O) groups is 1. The number of esters is 1. The van der Waals surface area contributed by atoms with Crippen LogP contribution in [-0.4, -0.2) is 23.0 Å². The van der Waals surface area contributed by atoms with Gasteiger partial charge in [-0.25, -0.2) is 9.78 Å². The molecule has 0 atom stereocenters. The van der Waals surface area contributed by atoms with E-state index in [-0.39, 0.29) is 5.97 Å². The standard InChI is InChI=1S/C17H16N2O2/c1-3-11-7-4-5-8-12(11)16-18-14-10-6-9-13(15(14)19-16)17(20)21-2/h4-10H,3H2,1-2H3,(H,18,19). The second-order valence-electron chi connectivity index (χ2n) is 4.79. The zero-order valence-electron chi connectivity index (χ0n) is 12.0. The summed E-state index contributed by atoms with van der Waals surface area (Å²) in [4.78, 5) is 19.7. The second-order valence-corrected chi connectivity index (χ2v) is 4.79. The van der Waals surface area contributed by atoms with E-state index in [4.69, 9.17) is 4.74 Å². The lowest BCUT2D eigenvalue weighted by atomic mass is 10.1. The van der Waals surface area contributed by atoms with Gasteiger partial charge in [-0.1, -0.05) is 37.3 Å². The fourth-order valence-corrected chi connectivity index (χ4v) is 2.49. The van der Waals surface area contributed by atoms with Crippen LogP contribution in [0.25, 0.3) is 22.4 Å². The number of hydrogen-bond donors (Lipinski definition) is 1. The van der Waals surface area contributed by atoms with E-state index in [1.807, 2.05) is 30.3 Å². The van der Waals surface area contributed by atoms with Crippen LogP contribution in [0.2, 0.25) is 0 Å². The Kier molecular flexibility index (Phi) is 3.44. The van der Waals surface area contributed by atoms with Gasteiger partial charge in [0.15, 0.2) is 0 Å². The molecule has 0 bridgehead atoms. The summed E-state index contributed by atoms with van der Waals surface area (Å²) in [6.07, 6.45) is 0.928. The summed E-state index contributed by atoms with van der Waals surface area (Å²) < 4.78 is 4.81. The van der Waals surface area contributed by atoms with Crippen LogP contribution in [0, 0.1) is 0 Å². The molecule has 0 spiro atoms. The van der Waals surface area contributed by atoms with Gasteiger partial charge < -0.3 is 9.72 Å². The maximum atomic E-state index is 11.8. The minimum absolute atomic E-state index is 0.373. The average Bonchev–Trinajstić information content (AvgIpc) is 2.97. The number of rotatable bonds is 3. The number of methoxy groups -OCH3 is 1. The molecule has 0 amide bonds. The van der Waals surface area contributed by atoms with Crippen molar-refractivity contribution in [2.45, 2.75) is 13.3 Å². The van der Waals surface area contributed by atoms with Gasteiger partial charge in [-0.15, -0.1) is 0 Å². The number of hydrogen-bond acceptors (Lipinski definition) is 3. The first-order valence-electron chi connectivity index (χ1n) is 6.90. The van der Waals surface area contributed by atoms with E-state index in [1.165, 1.54) is 12.7 Å². The van der Waals surface area contributed by atoms with Crippen LogP contribution in [0.1, 0.15) is 22.8 Å². The fourth-order valence-electron chi connectivity index (χ4n) is 2.49. The van der Waals surface area contributed by atoms with E-state index in [0.29, 0.717) is 11.1 Å². The molecule has 4 nitrogen and oxygen atoms in total. The number of aromatic nitrogens is 2. The summed E-state index contributed by atoms with van der Waals surface area (Å²) in [6, 6.07) is 13.6. The minimum atomic E-state index is -0.373. The predicted octanol–water partition coefficient (Wildman–Crippen LogP) is 3.58. The smallest absolute Gasteiger partial charge is 0.340 e. The Labute approximate surface area is 122 Å². The van der Waals surface area contributed by atoms with Crippen LogP contribution in [-0.2, 0) is 11.2 Å².